The maximum absolute atomic E-state index is 4.49. The molecule has 2 heterocycles. The summed E-state index contributed by atoms with van der Waals surface area (Å²) in [5, 5.41) is 15.5. The summed E-state index contributed by atoms with van der Waals surface area (Å²) < 4.78 is 1.97. The smallest absolute Gasteiger partial charge is 0.159 e. The van der Waals surface area contributed by atoms with E-state index in [2.05, 4.69) is 62.8 Å². The summed E-state index contributed by atoms with van der Waals surface area (Å²) in [4.78, 5) is 2.12. The molecule has 4 rings (SSSR count). The number of hydrogen-bond acceptors (Lipinski definition) is 4. The summed E-state index contributed by atoms with van der Waals surface area (Å²) >= 11 is 0. The molecule has 4 aromatic rings. The van der Waals surface area contributed by atoms with Gasteiger partial charge in [0.25, 0.3) is 0 Å². The summed E-state index contributed by atoms with van der Waals surface area (Å²) in [6, 6.07) is 18.6. The topological polar surface area (TPSA) is 46.8 Å². The zero-order chi connectivity index (χ0) is 17.9. The van der Waals surface area contributed by atoms with E-state index >= 15 is 0 Å². The molecule has 0 radical (unpaired) electrons. The Morgan fingerprint density at radius 3 is 2.42 bits per heavy atom. The summed E-state index contributed by atoms with van der Waals surface area (Å²) in [7, 11) is 2.04. The number of fused-ring (bicyclic) bond motifs is 1. The van der Waals surface area contributed by atoms with Crippen LogP contribution in [0.1, 0.15) is 16.8 Å². The van der Waals surface area contributed by atoms with Crippen molar-refractivity contribution in [3.05, 3.63) is 83.8 Å². The van der Waals surface area contributed by atoms with Crippen molar-refractivity contribution in [2.45, 2.75) is 20.0 Å². The number of nitrogens with zero attached hydrogens (tertiary/aromatic N) is 5. The van der Waals surface area contributed by atoms with Crippen molar-refractivity contribution in [2.24, 2.45) is 0 Å². The van der Waals surface area contributed by atoms with Gasteiger partial charge in [-0.2, -0.15) is 10.2 Å². The monoisotopic (exact) mass is 343 g/mol. The quantitative estimate of drug-likeness (QED) is 0.553. The first kappa shape index (κ1) is 16.3. The van der Waals surface area contributed by atoms with Crippen molar-refractivity contribution < 1.29 is 0 Å². The van der Waals surface area contributed by atoms with Crippen LogP contribution in [0.25, 0.3) is 10.8 Å². The van der Waals surface area contributed by atoms with Gasteiger partial charge in [0.15, 0.2) is 5.82 Å². The first-order valence-electron chi connectivity index (χ1n) is 8.69. The lowest BCUT2D eigenvalue weighted by Gasteiger charge is -2.19. The number of benzene rings is 2. The number of aryl methyl sites for hydroxylation is 1. The van der Waals surface area contributed by atoms with Crippen LogP contribution in [0.15, 0.2) is 67.0 Å². The number of aromatic nitrogens is 4. The molecule has 0 saturated carbocycles. The van der Waals surface area contributed by atoms with Crippen LogP contribution in [-0.2, 0) is 13.1 Å². The summed E-state index contributed by atoms with van der Waals surface area (Å²) in [6.45, 7) is 3.50. The largest absolute Gasteiger partial charge is 0.353 e. The average Bonchev–Trinajstić information content (AvgIpc) is 3.10. The van der Waals surface area contributed by atoms with E-state index in [1.807, 2.05) is 43.0 Å². The van der Waals surface area contributed by atoms with Crippen molar-refractivity contribution in [1.29, 1.82) is 0 Å². The molecule has 26 heavy (non-hydrogen) atoms. The summed E-state index contributed by atoms with van der Waals surface area (Å²) in [6.07, 6.45) is 4.01. The molecule has 2 aromatic carbocycles. The van der Waals surface area contributed by atoms with E-state index in [0.29, 0.717) is 0 Å². The third-order valence-corrected chi connectivity index (χ3v) is 4.51. The van der Waals surface area contributed by atoms with E-state index < -0.39 is 0 Å². The Bertz CT molecular complexity index is 1020. The van der Waals surface area contributed by atoms with Gasteiger partial charge in [0.2, 0.25) is 0 Å². The molecule has 5 heteroatoms. The summed E-state index contributed by atoms with van der Waals surface area (Å²) in [5.41, 5.74) is 3.34. The van der Waals surface area contributed by atoms with Gasteiger partial charge in [-0.05, 0) is 12.5 Å². The van der Waals surface area contributed by atoms with Gasteiger partial charge in [0.05, 0.1) is 18.4 Å². The fourth-order valence-electron chi connectivity index (χ4n) is 3.20. The molecule has 5 nitrogen and oxygen atoms in total. The Morgan fingerprint density at radius 2 is 1.62 bits per heavy atom. The Kier molecular flexibility index (Phi) is 4.35. The van der Waals surface area contributed by atoms with Gasteiger partial charge in [-0.3, -0.25) is 4.68 Å². The zero-order valence-electron chi connectivity index (χ0n) is 15.0. The fraction of sp³-hybridized carbons (Fsp3) is 0.190. The molecule has 0 saturated heterocycles. The lowest BCUT2D eigenvalue weighted by molar-refractivity contribution is 0.686. The highest BCUT2D eigenvalue weighted by Gasteiger charge is 2.12. The first-order chi connectivity index (χ1) is 12.7. The zero-order valence-corrected chi connectivity index (χ0v) is 15.0. The second-order valence-electron chi connectivity index (χ2n) is 6.54. The van der Waals surface area contributed by atoms with Gasteiger partial charge in [0.1, 0.15) is 0 Å². The van der Waals surface area contributed by atoms with E-state index in [1.54, 1.807) is 0 Å². The van der Waals surface area contributed by atoms with Crippen molar-refractivity contribution in [1.82, 2.24) is 20.0 Å². The molecule has 0 unspecified atom stereocenters. The molecular formula is C21H21N5. The van der Waals surface area contributed by atoms with E-state index in [4.69, 9.17) is 0 Å². The Morgan fingerprint density at radius 1 is 0.885 bits per heavy atom. The van der Waals surface area contributed by atoms with E-state index in [0.717, 1.165) is 40.9 Å². The van der Waals surface area contributed by atoms with Crippen LogP contribution in [0.5, 0.6) is 0 Å². The minimum Gasteiger partial charge on any atom is -0.353 e. The van der Waals surface area contributed by atoms with Crippen LogP contribution in [-0.4, -0.2) is 27.0 Å². The number of rotatable bonds is 5. The van der Waals surface area contributed by atoms with Crippen LogP contribution >= 0.6 is 0 Å². The first-order valence-corrected chi connectivity index (χ1v) is 8.69. The maximum atomic E-state index is 4.49. The van der Waals surface area contributed by atoms with Gasteiger partial charge in [-0.1, -0.05) is 54.6 Å². The van der Waals surface area contributed by atoms with Gasteiger partial charge in [-0.25, -0.2) is 0 Å². The molecule has 0 aliphatic rings. The van der Waals surface area contributed by atoms with Crippen LogP contribution in [0.2, 0.25) is 0 Å². The lowest BCUT2D eigenvalue weighted by Crippen LogP contribution is -2.18. The maximum Gasteiger partial charge on any atom is 0.159 e. The molecule has 0 aliphatic carbocycles. The minimum atomic E-state index is 0.733. The molecule has 0 atom stereocenters. The highest BCUT2D eigenvalue weighted by molar-refractivity contribution is 5.93. The number of hydrogen-bond donors (Lipinski definition) is 0. The molecule has 0 fully saturated rings. The molecule has 0 N–H and O–H groups in total. The highest BCUT2D eigenvalue weighted by Crippen LogP contribution is 2.25. The molecule has 0 amide bonds. The predicted molar refractivity (Wildman–Crippen MR) is 104 cm³/mol. The van der Waals surface area contributed by atoms with Crippen molar-refractivity contribution in [3.63, 3.8) is 0 Å². The van der Waals surface area contributed by atoms with E-state index in [1.165, 1.54) is 5.56 Å². The Labute approximate surface area is 152 Å². The van der Waals surface area contributed by atoms with Gasteiger partial charge >= 0.3 is 0 Å². The molecule has 2 aromatic heterocycles. The van der Waals surface area contributed by atoms with E-state index in [-0.39, 0.29) is 0 Å². The molecule has 0 spiro atoms. The van der Waals surface area contributed by atoms with Crippen molar-refractivity contribution >= 4 is 16.6 Å². The van der Waals surface area contributed by atoms with Gasteiger partial charge in [-0.15, -0.1) is 5.10 Å². The molecule has 130 valence electrons. The lowest BCUT2D eigenvalue weighted by atomic mass is 10.1. The SMILES string of the molecule is Cc1nnc(N(C)Cc2cnn(Cc3ccccc3)c2)c2ccccc12. The van der Waals surface area contributed by atoms with Gasteiger partial charge < -0.3 is 4.90 Å². The van der Waals surface area contributed by atoms with Crippen LogP contribution < -0.4 is 4.90 Å². The van der Waals surface area contributed by atoms with Crippen LogP contribution in [0.3, 0.4) is 0 Å². The molecule has 0 aliphatic heterocycles. The normalized spacial score (nSPS) is 11.0. The minimum absolute atomic E-state index is 0.733. The second-order valence-corrected chi connectivity index (χ2v) is 6.54. The van der Waals surface area contributed by atoms with Gasteiger partial charge in [0, 0.05) is 36.1 Å². The van der Waals surface area contributed by atoms with Crippen LogP contribution in [0.4, 0.5) is 5.82 Å². The Balaban J connectivity index is 1.54. The number of anilines is 1. The average molecular weight is 343 g/mol. The fourth-order valence-corrected chi connectivity index (χ4v) is 3.20. The van der Waals surface area contributed by atoms with Crippen molar-refractivity contribution in [2.75, 3.05) is 11.9 Å². The third-order valence-electron chi connectivity index (χ3n) is 4.51. The predicted octanol–water partition coefficient (Wildman–Crippen LogP) is 3.82. The Hall–Kier alpha value is -3.21. The summed E-state index contributed by atoms with van der Waals surface area (Å²) in [5.74, 6) is 0.891. The molecule has 0 bridgehead atoms. The second kappa shape index (κ2) is 6.96. The standard InChI is InChI=1S/C21H21N5/c1-16-19-10-6-7-11-20(19)21(24-23-16)25(2)13-18-12-22-26(15-18)14-17-8-4-3-5-9-17/h3-12,15H,13-14H2,1-2H3. The van der Waals surface area contributed by atoms with E-state index in [9.17, 15) is 0 Å². The third kappa shape index (κ3) is 3.28. The highest BCUT2D eigenvalue weighted by atomic mass is 15.3. The molecular weight excluding hydrogens is 322 g/mol. The van der Waals surface area contributed by atoms with Crippen molar-refractivity contribution in [3.8, 4) is 0 Å². The van der Waals surface area contributed by atoms with Crippen LogP contribution in [0, 0.1) is 6.92 Å².